The van der Waals surface area contributed by atoms with E-state index in [0.29, 0.717) is 6.42 Å². The molecule has 3 atom stereocenters. The third-order valence-electron chi connectivity index (χ3n) is 5.53. The average molecular weight is 476 g/mol. The number of hydrogen-bond acceptors (Lipinski definition) is 4. The maximum absolute atomic E-state index is 14.2. The van der Waals surface area contributed by atoms with Crippen molar-refractivity contribution in [3.8, 4) is 0 Å². The summed E-state index contributed by atoms with van der Waals surface area (Å²) in [5, 5.41) is 5.78. The minimum atomic E-state index is -0.858. The summed E-state index contributed by atoms with van der Waals surface area (Å²) < 4.78 is 5.44. The fourth-order valence-corrected chi connectivity index (χ4v) is 3.77. The average Bonchev–Trinajstić information content (AvgIpc) is 2.67. The van der Waals surface area contributed by atoms with Gasteiger partial charge in [0.1, 0.15) is 17.7 Å². The van der Waals surface area contributed by atoms with Crippen LogP contribution in [0.1, 0.15) is 92.8 Å². The van der Waals surface area contributed by atoms with E-state index in [4.69, 9.17) is 4.74 Å². The van der Waals surface area contributed by atoms with Crippen molar-refractivity contribution in [2.75, 3.05) is 0 Å². The molecule has 3 unspecified atom stereocenters. The molecule has 0 aromatic heterocycles. The number of hydrogen-bond donors (Lipinski definition) is 2. The Morgan fingerprint density at radius 1 is 0.971 bits per heavy atom. The molecule has 1 aromatic rings. The summed E-state index contributed by atoms with van der Waals surface area (Å²) in [7, 11) is 0. The van der Waals surface area contributed by atoms with Gasteiger partial charge in [0.15, 0.2) is 0 Å². The van der Waals surface area contributed by atoms with Gasteiger partial charge in [-0.2, -0.15) is 0 Å². The van der Waals surface area contributed by atoms with Crippen LogP contribution in [0, 0.1) is 12.8 Å². The summed E-state index contributed by atoms with van der Waals surface area (Å²) in [6, 6.07) is 5.79. The summed E-state index contributed by atoms with van der Waals surface area (Å²) in [5.74, 6) is -0.747. The summed E-state index contributed by atoms with van der Waals surface area (Å²) >= 11 is 0. The van der Waals surface area contributed by atoms with E-state index in [1.807, 2.05) is 79.7 Å². The molecule has 7 heteroatoms. The van der Waals surface area contributed by atoms with Crippen LogP contribution in [0.3, 0.4) is 0 Å². The molecule has 3 amide bonds. The Hall–Kier alpha value is -2.57. The van der Waals surface area contributed by atoms with Gasteiger partial charge in [-0.25, -0.2) is 4.79 Å². The molecule has 0 saturated carbocycles. The lowest BCUT2D eigenvalue weighted by Crippen LogP contribution is -2.60. The second-order valence-electron chi connectivity index (χ2n) is 11.3. The highest BCUT2D eigenvalue weighted by Crippen LogP contribution is 2.32. The monoisotopic (exact) mass is 475 g/mol. The topological polar surface area (TPSA) is 87.7 Å². The molecule has 34 heavy (non-hydrogen) atoms. The summed E-state index contributed by atoms with van der Waals surface area (Å²) in [6.07, 6.45) is 0.0105. The summed E-state index contributed by atoms with van der Waals surface area (Å²) in [4.78, 5) is 42.0. The van der Waals surface area contributed by atoms with E-state index in [1.54, 1.807) is 25.7 Å². The third-order valence-corrected chi connectivity index (χ3v) is 5.53. The zero-order valence-electron chi connectivity index (χ0n) is 22.9. The zero-order valence-corrected chi connectivity index (χ0v) is 22.9. The minimum Gasteiger partial charge on any atom is -0.444 e. The Labute approximate surface area is 206 Å². The quantitative estimate of drug-likeness (QED) is 0.546. The van der Waals surface area contributed by atoms with Gasteiger partial charge < -0.3 is 20.3 Å². The van der Waals surface area contributed by atoms with E-state index < -0.39 is 29.3 Å². The van der Waals surface area contributed by atoms with Crippen molar-refractivity contribution < 1.29 is 19.1 Å². The fraction of sp³-hybridized carbons (Fsp3) is 0.667. The number of amides is 3. The Morgan fingerprint density at radius 2 is 1.53 bits per heavy atom. The third kappa shape index (κ3) is 8.33. The lowest BCUT2D eigenvalue weighted by Gasteiger charge is -2.44. The van der Waals surface area contributed by atoms with Gasteiger partial charge in [0.2, 0.25) is 11.8 Å². The van der Waals surface area contributed by atoms with Crippen LogP contribution in [0.4, 0.5) is 4.79 Å². The van der Waals surface area contributed by atoms with Crippen LogP contribution >= 0.6 is 0 Å². The van der Waals surface area contributed by atoms with Gasteiger partial charge in [-0.15, -0.1) is 0 Å². The molecule has 0 aliphatic carbocycles. The van der Waals surface area contributed by atoms with Crippen molar-refractivity contribution in [2.45, 2.75) is 112 Å². The highest BCUT2D eigenvalue weighted by molar-refractivity contribution is 5.93. The second-order valence-corrected chi connectivity index (χ2v) is 11.3. The highest BCUT2D eigenvalue weighted by Gasteiger charge is 2.43. The Bertz CT molecular complexity index is 852. The molecule has 0 fully saturated rings. The van der Waals surface area contributed by atoms with Gasteiger partial charge in [0, 0.05) is 11.6 Å². The van der Waals surface area contributed by atoms with Crippen molar-refractivity contribution in [3.63, 3.8) is 0 Å². The molecule has 192 valence electrons. The van der Waals surface area contributed by atoms with E-state index in [9.17, 15) is 14.4 Å². The first-order valence-corrected chi connectivity index (χ1v) is 12.2. The first kappa shape index (κ1) is 29.5. The van der Waals surface area contributed by atoms with Crippen LogP contribution in [0.15, 0.2) is 24.3 Å². The predicted molar refractivity (Wildman–Crippen MR) is 136 cm³/mol. The maximum Gasteiger partial charge on any atom is 0.408 e. The number of aryl methyl sites for hydroxylation is 1. The molecule has 0 saturated heterocycles. The fourth-order valence-electron chi connectivity index (χ4n) is 3.77. The molecule has 0 radical (unpaired) electrons. The molecular formula is C27H45N3O4. The van der Waals surface area contributed by atoms with Gasteiger partial charge in [0.25, 0.3) is 0 Å². The minimum absolute atomic E-state index is 0.0961. The molecule has 0 aliphatic heterocycles. The number of nitrogens with one attached hydrogen (secondary N) is 2. The standard InChI is InChI=1S/C27H45N3O4/c1-12-18(4)21(29-25(33)34-27(9,10)11)24(32)30(26(6,7)8)22(23(31)28-17(2)3)20-16-14-13-15-19(20)5/h13-18,21-22H,12H2,1-11H3,(H,28,31)(H,29,33). The number of nitrogens with zero attached hydrogens (tertiary/aromatic N) is 1. The predicted octanol–water partition coefficient (Wildman–Crippen LogP) is 5.13. The smallest absolute Gasteiger partial charge is 0.408 e. The molecule has 0 heterocycles. The number of carbonyl (C=O) groups excluding carboxylic acids is 3. The lowest BCUT2D eigenvalue weighted by molar-refractivity contribution is -0.149. The summed E-state index contributed by atoms with van der Waals surface area (Å²) in [6.45, 7) is 20.6. The van der Waals surface area contributed by atoms with Crippen LogP contribution in [-0.2, 0) is 14.3 Å². The zero-order chi connectivity index (χ0) is 26.4. The van der Waals surface area contributed by atoms with Crippen molar-refractivity contribution in [3.05, 3.63) is 35.4 Å². The van der Waals surface area contributed by atoms with Crippen LogP contribution in [0.25, 0.3) is 0 Å². The normalized spacial score (nSPS) is 14.7. The lowest BCUT2D eigenvalue weighted by atomic mass is 9.90. The van der Waals surface area contributed by atoms with Crippen LogP contribution in [0.2, 0.25) is 0 Å². The van der Waals surface area contributed by atoms with E-state index in [1.165, 1.54) is 0 Å². The summed E-state index contributed by atoms with van der Waals surface area (Å²) in [5.41, 5.74) is 0.259. The molecule has 0 bridgehead atoms. The van der Waals surface area contributed by atoms with Crippen molar-refractivity contribution in [1.82, 2.24) is 15.5 Å². The van der Waals surface area contributed by atoms with Crippen LogP contribution < -0.4 is 10.6 Å². The van der Waals surface area contributed by atoms with Crippen LogP contribution in [0.5, 0.6) is 0 Å². The highest BCUT2D eigenvalue weighted by atomic mass is 16.6. The van der Waals surface area contributed by atoms with Gasteiger partial charge in [-0.05, 0) is 79.4 Å². The number of rotatable bonds is 8. The SMILES string of the molecule is CCC(C)C(NC(=O)OC(C)(C)C)C(=O)N(C(C(=O)NC(C)C)c1ccccc1C)C(C)(C)C. The molecule has 2 N–H and O–H groups in total. The van der Waals surface area contributed by atoms with Crippen molar-refractivity contribution >= 4 is 17.9 Å². The number of ether oxygens (including phenoxy) is 1. The van der Waals surface area contributed by atoms with E-state index in [-0.39, 0.29) is 23.8 Å². The van der Waals surface area contributed by atoms with E-state index in [0.717, 1.165) is 11.1 Å². The Kier molecular flexibility index (Phi) is 10.2. The van der Waals surface area contributed by atoms with E-state index in [2.05, 4.69) is 10.6 Å². The number of alkyl carbamates (subject to hydrolysis) is 1. The molecule has 1 rings (SSSR count). The van der Waals surface area contributed by atoms with Gasteiger partial charge in [-0.1, -0.05) is 44.5 Å². The number of benzene rings is 1. The molecule has 0 aliphatic rings. The van der Waals surface area contributed by atoms with Crippen molar-refractivity contribution in [1.29, 1.82) is 0 Å². The largest absolute Gasteiger partial charge is 0.444 e. The maximum atomic E-state index is 14.2. The Morgan fingerprint density at radius 3 is 1.97 bits per heavy atom. The first-order chi connectivity index (χ1) is 15.5. The van der Waals surface area contributed by atoms with E-state index >= 15 is 0 Å². The van der Waals surface area contributed by atoms with Crippen LogP contribution in [-0.4, -0.2) is 46.0 Å². The first-order valence-electron chi connectivity index (χ1n) is 12.2. The Balaban J connectivity index is 3.61. The van der Waals surface area contributed by atoms with Gasteiger partial charge >= 0.3 is 6.09 Å². The number of carbonyl (C=O) groups is 3. The second kappa shape index (κ2) is 11.7. The molecular weight excluding hydrogens is 430 g/mol. The van der Waals surface area contributed by atoms with Crippen molar-refractivity contribution in [2.24, 2.45) is 5.92 Å². The molecule has 1 aromatic carbocycles. The molecule has 0 spiro atoms. The van der Waals surface area contributed by atoms with Gasteiger partial charge in [0.05, 0.1) is 0 Å². The molecule has 7 nitrogen and oxygen atoms in total. The van der Waals surface area contributed by atoms with Gasteiger partial charge in [-0.3, -0.25) is 9.59 Å².